The van der Waals surface area contributed by atoms with Crippen molar-refractivity contribution in [2.45, 2.75) is 0 Å². The van der Waals surface area contributed by atoms with Gasteiger partial charge in [-0.05, 0) is 5.92 Å². The van der Waals surface area contributed by atoms with Crippen LogP contribution in [0.2, 0.25) is 0 Å². The first-order chi connectivity index (χ1) is 4.43. The van der Waals surface area contributed by atoms with E-state index in [0.29, 0.717) is 5.33 Å². The van der Waals surface area contributed by atoms with Gasteiger partial charge in [0.25, 0.3) is 0 Å². The average Bonchev–Trinajstić information content (AvgIpc) is 2.34. The molecule has 0 aromatic carbocycles. The number of aromatic amines is 1. The van der Waals surface area contributed by atoms with Crippen molar-refractivity contribution in [3.8, 4) is 11.8 Å². The maximum Gasteiger partial charge on any atom is 0.109 e. The summed E-state index contributed by atoms with van der Waals surface area (Å²) in [7, 11) is 0. The van der Waals surface area contributed by atoms with Crippen LogP contribution in [0.25, 0.3) is 0 Å². The molecular weight excluding hydrogens is 180 g/mol. The number of nitrogens with one attached hydrogen (secondary N) is 1. The summed E-state index contributed by atoms with van der Waals surface area (Å²) in [5.41, 5.74) is 0.856. The quantitative estimate of drug-likeness (QED) is 0.476. The number of H-pyrrole nitrogens is 1. The number of alkyl halides is 1. The van der Waals surface area contributed by atoms with Crippen molar-refractivity contribution in [2.24, 2.45) is 0 Å². The van der Waals surface area contributed by atoms with Crippen LogP contribution in [-0.4, -0.2) is 15.3 Å². The number of nitrogens with zero attached hydrogens (tertiary/aromatic N) is 1. The Morgan fingerprint density at radius 1 is 1.78 bits per heavy atom. The van der Waals surface area contributed by atoms with E-state index in [1.807, 2.05) is 0 Å². The van der Waals surface area contributed by atoms with E-state index in [1.54, 1.807) is 12.5 Å². The Morgan fingerprint density at radius 3 is 3.22 bits per heavy atom. The molecule has 0 aliphatic carbocycles. The fourth-order valence-electron chi connectivity index (χ4n) is 0.453. The Bertz CT molecular complexity index is 217. The monoisotopic (exact) mass is 184 g/mol. The van der Waals surface area contributed by atoms with Crippen LogP contribution in [0, 0.1) is 11.8 Å². The molecule has 3 heteroatoms. The lowest BCUT2D eigenvalue weighted by molar-refractivity contribution is 1.30. The van der Waals surface area contributed by atoms with Crippen LogP contribution >= 0.6 is 15.9 Å². The molecule has 46 valence electrons. The van der Waals surface area contributed by atoms with Crippen LogP contribution in [0.3, 0.4) is 0 Å². The molecule has 0 bridgehead atoms. The van der Waals surface area contributed by atoms with Crippen LogP contribution < -0.4 is 0 Å². The zero-order valence-corrected chi connectivity index (χ0v) is 6.27. The third-order valence-corrected chi connectivity index (χ3v) is 1.07. The molecule has 1 aromatic heterocycles. The Kier molecular flexibility index (Phi) is 2.34. The molecule has 0 radical (unpaired) electrons. The highest BCUT2D eigenvalue weighted by Gasteiger charge is 1.80. The van der Waals surface area contributed by atoms with Gasteiger partial charge in [0, 0.05) is 0 Å². The van der Waals surface area contributed by atoms with Crippen molar-refractivity contribution in [2.75, 3.05) is 5.33 Å². The van der Waals surface area contributed by atoms with Crippen molar-refractivity contribution in [3.05, 3.63) is 18.2 Å². The van der Waals surface area contributed by atoms with E-state index < -0.39 is 0 Å². The lowest BCUT2D eigenvalue weighted by atomic mass is 10.5. The molecule has 0 saturated heterocycles. The van der Waals surface area contributed by atoms with Crippen LogP contribution in [0.5, 0.6) is 0 Å². The number of halogens is 1. The minimum atomic E-state index is 0.700. The normalized spacial score (nSPS) is 8.11. The second-order valence-electron chi connectivity index (χ2n) is 1.40. The number of aromatic nitrogens is 2. The lowest BCUT2D eigenvalue weighted by Crippen LogP contribution is -1.69. The molecule has 1 N–H and O–H groups in total. The van der Waals surface area contributed by atoms with Crippen LogP contribution in [0.4, 0.5) is 0 Å². The van der Waals surface area contributed by atoms with Gasteiger partial charge < -0.3 is 4.98 Å². The molecule has 0 atom stereocenters. The molecule has 0 aliphatic rings. The summed E-state index contributed by atoms with van der Waals surface area (Å²) in [5, 5.41) is 0.700. The van der Waals surface area contributed by atoms with Crippen molar-refractivity contribution >= 4 is 15.9 Å². The maximum atomic E-state index is 3.80. The summed E-state index contributed by atoms with van der Waals surface area (Å²) in [6.07, 6.45) is 3.30. The maximum absolute atomic E-state index is 3.80. The first-order valence-electron chi connectivity index (χ1n) is 2.46. The van der Waals surface area contributed by atoms with Gasteiger partial charge in [0.15, 0.2) is 0 Å². The van der Waals surface area contributed by atoms with E-state index in [9.17, 15) is 0 Å². The van der Waals surface area contributed by atoms with Crippen molar-refractivity contribution in [3.63, 3.8) is 0 Å². The molecule has 1 aromatic rings. The van der Waals surface area contributed by atoms with E-state index >= 15 is 0 Å². The summed E-state index contributed by atoms with van der Waals surface area (Å²) in [5.74, 6) is 5.71. The number of hydrogen-bond donors (Lipinski definition) is 1. The zero-order valence-electron chi connectivity index (χ0n) is 4.69. The first kappa shape index (κ1) is 6.37. The topological polar surface area (TPSA) is 28.7 Å². The molecule has 2 nitrogen and oxygen atoms in total. The zero-order chi connectivity index (χ0) is 6.53. The number of imidazole rings is 1. The molecule has 0 unspecified atom stereocenters. The van der Waals surface area contributed by atoms with Crippen molar-refractivity contribution in [1.82, 2.24) is 9.97 Å². The third kappa shape index (κ3) is 1.90. The van der Waals surface area contributed by atoms with Gasteiger partial charge in [-0.25, -0.2) is 4.98 Å². The van der Waals surface area contributed by atoms with E-state index in [4.69, 9.17) is 0 Å². The molecule has 0 amide bonds. The lowest BCUT2D eigenvalue weighted by Gasteiger charge is -1.72. The third-order valence-electron chi connectivity index (χ3n) is 0.788. The summed E-state index contributed by atoms with van der Waals surface area (Å²) >= 11 is 3.19. The fourth-order valence-corrected chi connectivity index (χ4v) is 0.593. The highest BCUT2D eigenvalue weighted by atomic mass is 79.9. The van der Waals surface area contributed by atoms with E-state index in [2.05, 4.69) is 37.7 Å². The van der Waals surface area contributed by atoms with Crippen LogP contribution in [0.1, 0.15) is 5.69 Å². The van der Waals surface area contributed by atoms with Gasteiger partial charge in [-0.3, -0.25) is 0 Å². The van der Waals surface area contributed by atoms with Crippen molar-refractivity contribution < 1.29 is 0 Å². The molecule has 0 saturated carbocycles. The van der Waals surface area contributed by atoms with Crippen LogP contribution in [-0.2, 0) is 0 Å². The van der Waals surface area contributed by atoms with Gasteiger partial charge in [-0.15, -0.1) is 0 Å². The second kappa shape index (κ2) is 3.31. The molecule has 9 heavy (non-hydrogen) atoms. The summed E-state index contributed by atoms with van der Waals surface area (Å²) in [6, 6.07) is 0. The summed E-state index contributed by atoms with van der Waals surface area (Å²) in [4.78, 5) is 6.67. The predicted molar refractivity (Wildman–Crippen MR) is 39.3 cm³/mol. The first-order valence-corrected chi connectivity index (χ1v) is 3.59. The smallest absolute Gasteiger partial charge is 0.109 e. The number of hydrogen-bond acceptors (Lipinski definition) is 1. The minimum Gasteiger partial charge on any atom is -0.338 e. The van der Waals surface area contributed by atoms with Gasteiger partial charge >= 0.3 is 0 Å². The second-order valence-corrected chi connectivity index (χ2v) is 1.96. The predicted octanol–water partition coefficient (Wildman–Crippen LogP) is 1.16. The van der Waals surface area contributed by atoms with Gasteiger partial charge in [0.1, 0.15) is 5.69 Å². The van der Waals surface area contributed by atoms with Gasteiger partial charge in [-0.1, -0.05) is 21.9 Å². The Hall–Kier alpha value is -0.750. The van der Waals surface area contributed by atoms with E-state index in [1.165, 1.54) is 0 Å². The largest absolute Gasteiger partial charge is 0.338 e. The Balaban J connectivity index is 2.67. The SMILES string of the molecule is BrCC#Cc1cnc[nH]1. The standard InChI is InChI=1S/C6H5BrN2/c7-3-1-2-6-4-8-5-9-6/h4-5H,3H2,(H,8,9). The van der Waals surface area contributed by atoms with Gasteiger partial charge in [0.05, 0.1) is 17.9 Å². The molecule has 0 spiro atoms. The molecule has 0 fully saturated rings. The van der Waals surface area contributed by atoms with E-state index in [-0.39, 0.29) is 0 Å². The Labute approximate surface area is 61.8 Å². The molecular formula is C6H5BrN2. The number of rotatable bonds is 0. The summed E-state index contributed by atoms with van der Waals surface area (Å²) in [6.45, 7) is 0. The fraction of sp³-hybridized carbons (Fsp3) is 0.167. The van der Waals surface area contributed by atoms with Gasteiger partial charge in [0.2, 0.25) is 0 Å². The molecule has 1 heterocycles. The van der Waals surface area contributed by atoms with Crippen molar-refractivity contribution in [1.29, 1.82) is 0 Å². The molecule has 0 aliphatic heterocycles. The summed E-state index contributed by atoms with van der Waals surface area (Å²) < 4.78 is 0. The highest BCUT2D eigenvalue weighted by molar-refractivity contribution is 9.09. The average molecular weight is 185 g/mol. The highest BCUT2D eigenvalue weighted by Crippen LogP contribution is 1.85. The Morgan fingerprint density at radius 2 is 2.67 bits per heavy atom. The van der Waals surface area contributed by atoms with E-state index in [0.717, 1.165) is 5.69 Å². The van der Waals surface area contributed by atoms with Gasteiger partial charge in [-0.2, -0.15) is 0 Å². The van der Waals surface area contributed by atoms with Crippen LogP contribution in [0.15, 0.2) is 12.5 Å². The minimum absolute atomic E-state index is 0.700. The molecule has 1 rings (SSSR count).